The third-order valence-corrected chi connectivity index (χ3v) is 3.38. The molecule has 0 saturated carbocycles. The maximum absolute atomic E-state index is 11.5. The molecular weight excluding hydrogens is 274 g/mol. The second-order valence-electron chi connectivity index (χ2n) is 3.98. The van der Waals surface area contributed by atoms with Gasteiger partial charge in [-0.05, 0) is 0 Å². The van der Waals surface area contributed by atoms with Gasteiger partial charge < -0.3 is 21.1 Å². The Hall–Kier alpha value is -1.77. The van der Waals surface area contributed by atoms with E-state index in [9.17, 15) is 19.2 Å². The number of thioether (sulfide) groups is 1. The first-order valence-electron chi connectivity index (χ1n) is 5.62. The molecule has 8 nitrogen and oxygen atoms in total. The normalized spacial score (nSPS) is 16.2. The number of hydrogen-bond acceptors (Lipinski definition) is 5. The van der Waals surface area contributed by atoms with Gasteiger partial charge in [0.05, 0.1) is 6.42 Å². The Kier molecular flexibility index (Phi) is 5.61. The molecule has 1 fully saturated rings. The molecular formula is C10H15N3O5S. The molecule has 9 heteroatoms. The second kappa shape index (κ2) is 6.98. The highest BCUT2D eigenvalue weighted by atomic mass is 32.2. The summed E-state index contributed by atoms with van der Waals surface area (Å²) in [5.41, 5.74) is 4.89. The summed E-state index contributed by atoms with van der Waals surface area (Å²) in [5.74, 6) is -1.96. The van der Waals surface area contributed by atoms with Crippen LogP contribution in [0.15, 0.2) is 0 Å². The molecule has 1 aliphatic rings. The molecule has 0 aliphatic carbocycles. The molecule has 3 amide bonds. The van der Waals surface area contributed by atoms with E-state index in [1.54, 1.807) is 0 Å². The third-order valence-electron chi connectivity index (χ3n) is 2.49. The van der Waals surface area contributed by atoms with Crippen LogP contribution in [0.2, 0.25) is 0 Å². The predicted octanol–water partition coefficient (Wildman–Crippen LogP) is -1.01. The van der Waals surface area contributed by atoms with Gasteiger partial charge in [-0.15, -0.1) is 0 Å². The first-order valence-corrected chi connectivity index (χ1v) is 6.61. The van der Waals surface area contributed by atoms with Crippen LogP contribution in [-0.4, -0.2) is 57.9 Å². The molecule has 0 aromatic heterocycles. The van der Waals surface area contributed by atoms with Gasteiger partial charge in [0.25, 0.3) is 5.24 Å². The standard InChI is InChI=1S/C10H15N3O5S/c11-7(14)5-6(9(16)17)12-8(15)1-2-13-3-4-19-10(13)18/h6H,1-5H2,(H2,11,14)(H,12,15)(H,16,17)/t6-/m0/s1. The fourth-order valence-electron chi connectivity index (χ4n) is 1.53. The van der Waals surface area contributed by atoms with Gasteiger partial charge >= 0.3 is 5.97 Å². The lowest BCUT2D eigenvalue weighted by Gasteiger charge is -2.16. The summed E-state index contributed by atoms with van der Waals surface area (Å²) >= 11 is 1.18. The van der Waals surface area contributed by atoms with Crippen molar-refractivity contribution in [1.82, 2.24) is 10.2 Å². The number of hydrogen-bond donors (Lipinski definition) is 3. The van der Waals surface area contributed by atoms with Crippen LogP contribution in [0.1, 0.15) is 12.8 Å². The molecule has 1 aliphatic heterocycles. The van der Waals surface area contributed by atoms with Gasteiger partial charge in [-0.1, -0.05) is 11.8 Å². The predicted molar refractivity (Wildman–Crippen MR) is 67.4 cm³/mol. The smallest absolute Gasteiger partial charge is 0.326 e. The van der Waals surface area contributed by atoms with Crippen molar-refractivity contribution in [2.24, 2.45) is 5.73 Å². The Balaban J connectivity index is 2.37. The van der Waals surface area contributed by atoms with Gasteiger partial charge in [-0.2, -0.15) is 0 Å². The van der Waals surface area contributed by atoms with Crippen LogP contribution in [0.3, 0.4) is 0 Å². The van der Waals surface area contributed by atoms with Crippen LogP contribution in [0.4, 0.5) is 4.79 Å². The Labute approximate surface area is 113 Å². The van der Waals surface area contributed by atoms with E-state index in [1.807, 2.05) is 0 Å². The van der Waals surface area contributed by atoms with Crippen molar-refractivity contribution < 1.29 is 24.3 Å². The van der Waals surface area contributed by atoms with E-state index in [0.29, 0.717) is 12.3 Å². The lowest BCUT2D eigenvalue weighted by atomic mass is 10.2. The summed E-state index contributed by atoms with van der Waals surface area (Å²) in [6.45, 7) is 0.820. The van der Waals surface area contributed by atoms with Crippen LogP contribution in [0, 0.1) is 0 Å². The topological polar surface area (TPSA) is 130 Å². The molecule has 0 bridgehead atoms. The van der Waals surface area contributed by atoms with Crippen molar-refractivity contribution >= 4 is 34.8 Å². The van der Waals surface area contributed by atoms with Crippen molar-refractivity contribution in [3.05, 3.63) is 0 Å². The lowest BCUT2D eigenvalue weighted by molar-refractivity contribution is -0.143. The minimum absolute atomic E-state index is 0.00512. The Morgan fingerprint density at radius 2 is 2.16 bits per heavy atom. The number of carboxylic acid groups (broad SMARTS) is 1. The zero-order valence-corrected chi connectivity index (χ0v) is 10.9. The highest BCUT2D eigenvalue weighted by molar-refractivity contribution is 8.13. The minimum atomic E-state index is -1.33. The van der Waals surface area contributed by atoms with E-state index in [1.165, 1.54) is 16.7 Å². The summed E-state index contributed by atoms with van der Waals surface area (Å²) in [5, 5.41) is 10.9. The molecule has 1 rings (SSSR count). The maximum atomic E-state index is 11.5. The maximum Gasteiger partial charge on any atom is 0.326 e. The zero-order valence-electron chi connectivity index (χ0n) is 10.1. The summed E-state index contributed by atoms with van der Waals surface area (Å²) in [6.07, 6.45) is -0.464. The van der Waals surface area contributed by atoms with Crippen LogP contribution < -0.4 is 11.1 Å². The third kappa shape index (κ3) is 5.16. The summed E-state index contributed by atoms with van der Waals surface area (Å²) in [6, 6.07) is -1.33. The van der Waals surface area contributed by atoms with Crippen molar-refractivity contribution in [1.29, 1.82) is 0 Å². The molecule has 19 heavy (non-hydrogen) atoms. The highest BCUT2D eigenvalue weighted by Crippen LogP contribution is 2.16. The molecule has 0 unspecified atom stereocenters. The highest BCUT2D eigenvalue weighted by Gasteiger charge is 2.24. The van der Waals surface area contributed by atoms with Gasteiger partial charge in [0.2, 0.25) is 11.8 Å². The van der Waals surface area contributed by atoms with Gasteiger partial charge in [-0.3, -0.25) is 14.4 Å². The molecule has 0 aromatic carbocycles. The second-order valence-corrected chi connectivity index (χ2v) is 5.03. The van der Waals surface area contributed by atoms with Crippen LogP contribution >= 0.6 is 11.8 Å². The fraction of sp³-hybridized carbons (Fsp3) is 0.600. The SMILES string of the molecule is NC(=O)C[C@H](NC(=O)CCN1CCSC1=O)C(=O)O. The molecule has 0 spiro atoms. The summed E-state index contributed by atoms with van der Waals surface area (Å²) in [7, 11) is 0. The quantitative estimate of drug-likeness (QED) is 0.550. The molecule has 1 atom stereocenters. The van der Waals surface area contributed by atoms with E-state index in [0.717, 1.165) is 0 Å². The number of rotatable bonds is 7. The number of nitrogens with two attached hydrogens (primary N) is 1. The van der Waals surface area contributed by atoms with Crippen molar-refractivity contribution in [3.8, 4) is 0 Å². The number of carboxylic acids is 1. The van der Waals surface area contributed by atoms with Crippen molar-refractivity contribution in [2.75, 3.05) is 18.8 Å². The average Bonchev–Trinajstić information content (AvgIpc) is 2.70. The van der Waals surface area contributed by atoms with E-state index in [4.69, 9.17) is 10.8 Å². The molecule has 106 valence electrons. The number of carbonyl (C=O) groups excluding carboxylic acids is 3. The van der Waals surface area contributed by atoms with Crippen LogP contribution in [-0.2, 0) is 14.4 Å². The van der Waals surface area contributed by atoms with Gasteiger partial charge in [-0.25, -0.2) is 4.79 Å². The Bertz CT molecular complexity index is 401. The minimum Gasteiger partial charge on any atom is -0.480 e. The van der Waals surface area contributed by atoms with Crippen molar-refractivity contribution in [2.45, 2.75) is 18.9 Å². The molecule has 0 radical (unpaired) electrons. The van der Waals surface area contributed by atoms with Gasteiger partial charge in [0, 0.05) is 25.3 Å². The number of nitrogens with zero attached hydrogens (tertiary/aromatic N) is 1. The molecule has 1 saturated heterocycles. The van der Waals surface area contributed by atoms with Crippen LogP contribution in [0.25, 0.3) is 0 Å². The van der Waals surface area contributed by atoms with E-state index in [2.05, 4.69) is 5.32 Å². The number of carbonyl (C=O) groups is 4. The van der Waals surface area contributed by atoms with Crippen LogP contribution in [0.5, 0.6) is 0 Å². The van der Waals surface area contributed by atoms with Gasteiger partial charge in [0.1, 0.15) is 6.04 Å². The monoisotopic (exact) mass is 289 g/mol. The first-order chi connectivity index (χ1) is 8.90. The van der Waals surface area contributed by atoms with E-state index >= 15 is 0 Å². The number of aliphatic carboxylic acids is 1. The number of amides is 3. The average molecular weight is 289 g/mol. The Morgan fingerprint density at radius 1 is 1.47 bits per heavy atom. The zero-order chi connectivity index (χ0) is 14.4. The molecule has 4 N–H and O–H groups in total. The number of nitrogens with one attached hydrogen (secondary N) is 1. The number of primary amides is 1. The Morgan fingerprint density at radius 3 is 2.63 bits per heavy atom. The van der Waals surface area contributed by atoms with E-state index < -0.39 is 30.2 Å². The lowest BCUT2D eigenvalue weighted by Crippen LogP contribution is -2.44. The summed E-state index contributed by atoms with van der Waals surface area (Å²) < 4.78 is 0. The molecule has 1 heterocycles. The summed E-state index contributed by atoms with van der Waals surface area (Å²) in [4.78, 5) is 45.8. The van der Waals surface area contributed by atoms with Gasteiger partial charge in [0.15, 0.2) is 0 Å². The largest absolute Gasteiger partial charge is 0.480 e. The van der Waals surface area contributed by atoms with Crippen molar-refractivity contribution in [3.63, 3.8) is 0 Å². The first kappa shape index (κ1) is 15.3. The molecule has 0 aromatic rings. The van der Waals surface area contributed by atoms with E-state index in [-0.39, 0.29) is 18.2 Å². The fourth-order valence-corrected chi connectivity index (χ4v) is 2.38.